The van der Waals surface area contributed by atoms with Crippen LogP contribution in [0, 0.1) is 0 Å². The monoisotopic (exact) mass is 463 g/mol. The van der Waals surface area contributed by atoms with E-state index >= 15 is 0 Å². The Morgan fingerprint density at radius 3 is 2.45 bits per heavy atom. The lowest BCUT2D eigenvalue weighted by Gasteiger charge is -2.07. The molecule has 0 saturated carbocycles. The van der Waals surface area contributed by atoms with E-state index < -0.39 is 0 Å². The summed E-state index contributed by atoms with van der Waals surface area (Å²) in [7, 11) is 0. The normalized spacial score (nSPS) is 11.0. The molecule has 2 aromatic heterocycles. The molecule has 2 heterocycles. The first kappa shape index (κ1) is 20.0. The number of fused-ring (bicyclic) bond motifs is 1. The largest absolute Gasteiger partial charge is 0.325 e. The Kier molecular flexibility index (Phi) is 5.91. The molecule has 0 radical (unpaired) electrons. The number of carbonyl (C=O) groups is 1. The van der Waals surface area contributed by atoms with Crippen molar-refractivity contribution in [3.8, 4) is 5.69 Å². The lowest BCUT2D eigenvalue weighted by Crippen LogP contribution is -2.14. The van der Waals surface area contributed by atoms with Gasteiger partial charge in [0.15, 0.2) is 5.65 Å². The van der Waals surface area contributed by atoms with Gasteiger partial charge in [-0.1, -0.05) is 46.6 Å². The van der Waals surface area contributed by atoms with E-state index in [1.165, 1.54) is 18.1 Å². The van der Waals surface area contributed by atoms with E-state index in [1.807, 2.05) is 12.1 Å². The lowest BCUT2D eigenvalue weighted by molar-refractivity contribution is -0.113. The Morgan fingerprint density at radius 1 is 1.00 bits per heavy atom. The summed E-state index contributed by atoms with van der Waals surface area (Å²) in [5, 5.41) is 10.1. The summed E-state index contributed by atoms with van der Waals surface area (Å²) in [5.74, 6) is -0.0484. The van der Waals surface area contributed by atoms with Crippen molar-refractivity contribution in [3.05, 3.63) is 70.1 Å². The highest BCUT2D eigenvalue weighted by Gasteiger charge is 2.13. The van der Waals surface area contributed by atoms with Gasteiger partial charge in [-0.3, -0.25) is 4.79 Å². The van der Waals surface area contributed by atoms with Gasteiger partial charge in [0.1, 0.15) is 11.4 Å². The van der Waals surface area contributed by atoms with Crippen LogP contribution >= 0.6 is 46.6 Å². The van der Waals surface area contributed by atoms with Crippen LogP contribution in [0.2, 0.25) is 15.1 Å². The van der Waals surface area contributed by atoms with Crippen molar-refractivity contribution in [2.45, 2.75) is 5.03 Å². The lowest BCUT2D eigenvalue weighted by atomic mass is 10.3. The molecule has 29 heavy (non-hydrogen) atoms. The highest BCUT2D eigenvalue weighted by molar-refractivity contribution is 8.00. The number of aromatic nitrogens is 4. The third kappa shape index (κ3) is 4.64. The maximum Gasteiger partial charge on any atom is 0.234 e. The van der Waals surface area contributed by atoms with Crippen LogP contribution in [-0.4, -0.2) is 31.4 Å². The Bertz CT molecular complexity index is 1180. The van der Waals surface area contributed by atoms with Crippen molar-refractivity contribution in [2.24, 2.45) is 0 Å². The minimum Gasteiger partial charge on any atom is -0.325 e. The van der Waals surface area contributed by atoms with Crippen LogP contribution in [0.25, 0.3) is 16.7 Å². The first-order chi connectivity index (χ1) is 14.0. The van der Waals surface area contributed by atoms with E-state index in [2.05, 4.69) is 20.4 Å². The van der Waals surface area contributed by atoms with Crippen LogP contribution < -0.4 is 5.32 Å². The first-order valence-corrected chi connectivity index (χ1v) is 10.4. The van der Waals surface area contributed by atoms with Gasteiger partial charge >= 0.3 is 0 Å². The molecule has 0 atom stereocenters. The molecule has 146 valence electrons. The minimum atomic E-state index is -0.204. The molecule has 2 aromatic carbocycles. The number of anilines is 1. The van der Waals surface area contributed by atoms with Crippen molar-refractivity contribution in [1.82, 2.24) is 19.7 Å². The summed E-state index contributed by atoms with van der Waals surface area (Å²) in [6.45, 7) is 0. The smallest absolute Gasteiger partial charge is 0.234 e. The summed E-state index contributed by atoms with van der Waals surface area (Å²) < 4.78 is 1.70. The van der Waals surface area contributed by atoms with Crippen LogP contribution in [0.3, 0.4) is 0 Å². The molecule has 4 rings (SSSR count). The second kappa shape index (κ2) is 8.59. The summed E-state index contributed by atoms with van der Waals surface area (Å²) in [4.78, 5) is 20.9. The molecule has 0 aliphatic carbocycles. The molecule has 0 fully saturated rings. The maximum atomic E-state index is 12.3. The molecule has 1 amide bonds. The molecule has 0 unspecified atom stereocenters. The van der Waals surface area contributed by atoms with Gasteiger partial charge in [-0.2, -0.15) is 5.10 Å². The molecule has 0 spiro atoms. The SMILES string of the molecule is O=C(CSc1ncnc2c1cnn2-c1ccc(Cl)cc1)Nc1cc(Cl)cc(Cl)c1. The third-order valence-electron chi connectivity index (χ3n) is 3.89. The zero-order chi connectivity index (χ0) is 20.4. The van der Waals surface area contributed by atoms with E-state index in [1.54, 1.807) is 41.2 Å². The number of nitrogens with one attached hydrogen (secondary N) is 1. The van der Waals surface area contributed by atoms with Gasteiger partial charge in [0.25, 0.3) is 0 Å². The first-order valence-electron chi connectivity index (χ1n) is 8.33. The highest BCUT2D eigenvalue weighted by Crippen LogP contribution is 2.27. The third-order valence-corrected chi connectivity index (χ3v) is 5.58. The van der Waals surface area contributed by atoms with Gasteiger partial charge in [0, 0.05) is 20.8 Å². The van der Waals surface area contributed by atoms with E-state index in [4.69, 9.17) is 34.8 Å². The fourth-order valence-electron chi connectivity index (χ4n) is 2.67. The van der Waals surface area contributed by atoms with Crippen LogP contribution in [0.1, 0.15) is 0 Å². The summed E-state index contributed by atoms with van der Waals surface area (Å²) in [6, 6.07) is 12.1. The molecule has 4 aromatic rings. The quantitative estimate of drug-likeness (QED) is 0.311. The number of carbonyl (C=O) groups excluding carboxylic acids is 1. The number of hydrogen-bond donors (Lipinski definition) is 1. The maximum absolute atomic E-state index is 12.3. The van der Waals surface area contributed by atoms with Crippen molar-refractivity contribution < 1.29 is 4.79 Å². The van der Waals surface area contributed by atoms with E-state index in [9.17, 15) is 4.79 Å². The zero-order valence-electron chi connectivity index (χ0n) is 14.6. The molecule has 0 aliphatic rings. The van der Waals surface area contributed by atoms with Gasteiger partial charge < -0.3 is 5.32 Å². The van der Waals surface area contributed by atoms with E-state index in [0.717, 1.165) is 11.1 Å². The minimum absolute atomic E-state index is 0.155. The average Bonchev–Trinajstić information content (AvgIpc) is 3.11. The molecule has 6 nitrogen and oxygen atoms in total. The van der Waals surface area contributed by atoms with Crippen molar-refractivity contribution >= 4 is 69.2 Å². The van der Waals surface area contributed by atoms with Gasteiger partial charge in [-0.15, -0.1) is 0 Å². The predicted octanol–water partition coefficient (Wildman–Crippen LogP) is 5.51. The van der Waals surface area contributed by atoms with Crippen molar-refractivity contribution in [1.29, 1.82) is 0 Å². The number of hydrogen-bond acceptors (Lipinski definition) is 5. The van der Waals surface area contributed by atoms with Crippen LogP contribution in [0.5, 0.6) is 0 Å². The number of benzene rings is 2. The highest BCUT2D eigenvalue weighted by atomic mass is 35.5. The fourth-order valence-corrected chi connectivity index (χ4v) is 4.08. The van der Waals surface area contributed by atoms with Crippen LogP contribution in [-0.2, 0) is 4.79 Å². The number of nitrogens with zero attached hydrogens (tertiary/aromatic N) is 4. The molecule has 0 aliphatic heterocycles. The molecule has 0 saturated heterocycles. The molecule has 10 heteroatoms. The Labute approximate surface area is 185 Å². The number of halogens is 3. The topological polar surface area (TPSA) is 72.7 Å². The van der Waals surface area contributed by atoms with E-state index in [-0.39, 0.29) is 11.7 Å². The second-order valence-electron chi connectivity index (χ2n) is 5.94. The predicted molar refractivity (Wildman–Crippen MR) is 117 cm³/mol. The average molecular weight is 465 g/mol. The zero-order valence-corrected chi connectivity index (χ0v) is 17.7. The molecular weight excluding hydrogens is 453 g/mol. The van der Waals surface area contributed by atoms with E-state index in [0.29, 0.717) is 31.4 Å². The number of amides is 1. The molecule has 1 N–H and O–H groups in total. The van der Waals surface area contributed by atoms with Gasteiger partial charge in [0.2, 0.25) is 5.91 Å². The van der Waals surface area contributed by atoms with Gasteiger partial charge in [-0.05, 0) is 42.5 Å². The standard InChI is InChI=1S/C19H12Cl3N5OS/c20-11-1-3-15(4-2-11)27-18-16(8-25-27)19(24-10-23-18)29-9-17(28)26-14-6-12(21)5-13(22)7-14/h1-8,10H,9H2,(H,26,28). The van der Waals surface area contributed by atoms with Crippen LogP contribution in [0.15, 0.2) is 60.0 Å². The van der Waals surface area contributed by atoms with Crippen LogP contribution in [0.4, 0.5) is 5.69 Å². The van der Waals surface area contributed by atoms with Gasteiger partial charge in [-0.25, -0.2) is 14.6 Å². The Morgan fingerprint density at radius 2 is 1.72 bits per heavy atom. The molecule has 0 bridgehead atoms. The summed E-state index contributed by atoms with van der Waals surface area (Å²) in [6.07, 6.45) is 3.13. The van der Waals surface area contributed by atoms with Crippen molar-refractivity contribution in [3.63, 3.8) is 0 Å². The second-order valence-corrected chi connectivity index (χ2v) is 8.22. The summed E-state index contributed by atoms with van der Waals surface area (Å²) in [5.41, 5.74) is 2.01. The number of thioether (sulfide) groups is 1. The van der Waals surface area contributed by atoms with Crippen molar-refractivity contribution in [2.75, 3.05) is 11.1 Å². The Balaban J connectivity index is 1.51. The van der Waals surface area contributed by atoms with Gasteiger partial charge in [0.05, 0.1) is 23.0 Å². The summed E-state index contributed by atoms with van der Waals surface area (Å²) >= 11 is 19.2. The number of rotatable bonds is 5. The fraction of sp³-hybridized carbons (Fsp3) is 0.0526. The molecular formula is C19H12Cl3N5OS. The Hall–Kier alpha value is -2.32.